The van der Waals surface area contributed by atoms with Crippen molar-refractivity contribution in [2.24, 2.45) is 0 Å². The van der Waals surface area contributed by atoms with Crippen LogP contribution in [0.1, 0.15) is 95.2 Å². The van der Waals surface area contributed by atoms with Crippen molar-refractivity contribution in [2.45, 2.75) is 64.8 Å². The van der Waals surface area contributed by atoms with Gasteiger partial charge in [0.25, 0.3) is 0 Å². The summed E-state index contributed by atoms with van der Waals surface area (Å²) in [7, 11) is -3.28. The molecule has 2 aromatic rings. The van der Waals surface area contributed by atoms with Gasteiger partial charge in [0.2, 0.25) is 0 Å². The molecule has 1 aliphatic carbocycles. The molecular formula is C34H41N2O2Si+. The molecule has 4 nitrogen and oxygen atoms in total. The van der Waals surface area contributed by atoms with Gasteiger partial charge in [-0.1, -0.05) is 46.0 Å². The van der Waals surface area contributed by atoms with Crippen LogP contribution in [0.4, 0.5) is 5.69 Å². The van der Waals surface area contributed by atoms with Crippen LogP contribution in [0.15, 0.2) is 65.4 Å². The van der Waals surface area contributed by atoms with E-state index in [9.17, 15) is 9.90 Å². The van der Waals surface area contributed by atoms with Crippen molar-refractivity contribution < 1.29 is 36.4 Å². The highest BCUT2D eigenvalue weighted by Gasteiger charge is 2.41. The Kier molecular flexibility index (Phi) is 3.27. The van der Waals surface area contributed by atoms with E-state index in [4.69, 9.17) is 21.9 Å². The summed E-state index contributed by atoms with van der Waals surface area (Å²) in [6.45, 7) is -3.28. The number of anilines is 1. The fraction of sp³-hybridized carbons (Fsp3) is 0.412. The minimum Gasteiger partial charge on any atom is -0.478 e. The third-order valence-corrected chi connectivity index (χ3v) is 11.1. The Morgan fingerprint density at radius 3 is 2.36 bits per heavy atom. The zero-order valence-electron chi connectivity index (χ0n) is 38.4. The predicted octanol–water partition coefficient (Wildman–Crippen LogP) is 6.30. The average molecular weight is 554 g/mol. The smallest absolute Gasteiger partial charge is 0.336 e. The standard InChI is InChI=1S/C34H40N2O2Si/c1-34(2,3)23-10-13-26(33(37)38)29(20-23)32-27-14-11-24(35-16-6-7-17-35)21-30(27)39(4,5)31-22-25(12-15-28(31)32)36-18-8-9-19-36/h10-15,20-22H,6-9,16-19H2,1-5H3/p+1/i6D2,7D2,8D2,9D2,16D2,17D2,18D2,19D2. The number of hydrogen-bond acceptors (Lipinski definition) is 2. The third kappa shape index (κ3) is 4.45. The van der Waals surface area contributed by atoms with Crippen LogP contribution >= 0.6 is 0 Å². The van der Waals surface area contributed by atoms with E-state index in [1.807, 2.05) is 33.9 Å². The van der Waals surface area contributed by atoms with E-state index in [0.29, 0.717) is 36.6 Å². The summed E-state index contributed by atoms with van der Waals surface area (Å²) in [5.74, 6) is -1.26. The largest absolute Gasteiger partial charge is 0.478 e. The quantitative estimate of drug-likeness (QED) is 0.359. The van der Waals surface area contributed by atoms with Gasteiger partial charge in [-0.25, -0.2) is 9.37 Å². The number of allylic oxidation sites excluding steroid dienone is 5. The second kappa shape index (κ2) is 9.48. The Balaban J connectivity index is 1.74. The summed E-state index contributed by atoms with van der Waals surface area (Å²) >= 11 is 0. The van der Waals surface area contributed by atoms with Gasteiger partial charge < -0.3 is 10.0 Å². The second-order valence-corrected chi connectivity index (χ2v) is 15.7. The lowest BCUT2D eigenvalue weighted by Crippen LogP contribution is -2.50. The van der Waals surface area contributed by atoms with Crippen LogP contribution in [-0.4, -0.2) is 55.4 Å². The molecule has 6 rings (SSSR count). The topological polar surface area (TPSA) is 43.5 Å². The van der Waals surface area contributed by atoms with Gasteiger partial charge in [0.1, 0.15) is 26.6 Å². The first-order valence-corrected chi connectivity index (χ1v) is 15.7. The number of hydrogen-bond donors (Lipinski definition) is 1. The highest BCUT2D eigenvalue weighted by Crippen LogP contribution is 2.44. The van der Waals surface area contributed by atoms with Crippen LogP contribution in [-0.2, 0) is 5.41 Å². The van der Waals surface area contributed by atoms with Gasteiger partial charge in [0.05, 0.1) is 5.56 Å². The molecule has 0 unspecified atom stereocenters. The SMILES string of the molecule is [2H]C1([2H])N(c2ccc3c(c2)[Si](C)(C)C2=CC(=[N+]4C([2H])([2H])C([2H])([2H])C([2H])([2H])C4([2H])[2H])C=CC2=C3c2cc(C(C)(C)C)ccc2C(=O)O)C([2H])([2H])C([2H])([2H])C1([2H])[2H]. The average Bonchev–Trinajstić information content (AvgIpc) is 3.15. The van der Waals surface area contributed by atoms with Gasteiger partial charge in [-0.05, 0) is 86.7 Å². The number of carbonyl (C=O) groups is 1. The first-order valence-electron chi connectivity index (χ1n) is 20.7. The molecule has 39 heavy (non-hydrogen) atoms. The molecule has 0 saturated carbocycles. The fourth-order valence-electron chi connectivity index (χ4n) is 5.45. The highest BCUT2D eigenvalue weighted by molar-refractivity contribution is 6.98. The van der Waals surface area contributed by atoms with Gasteiger partial charge in [-0.2, -0.15) is 0 Å². The molecule has 0 atom stereocenters. The molecule has 2 fully saturated rings. The minimum absolute atomic E-state index is 0.0865. The van der Waals surface area contributed by atoms with Crippen LogP contribution in [0, 0.1) is 0 Å². The minimum atomic E-state index is -3.32. The molecule has 0 amide bonds. The van der Waals surface area contributed by atoms with Crippen molar-refractivity contribution in [1.29, 1.82) is 0 Å². The number of benzene rings is 2. The Bertz CT molecular complexity index is 2140. The van der Waals surface area contributed by atoms with Gasteiger partial charge in [-0.3, -0.25) is 0 Å². The van der Waals surface area contributed by atoms with Crippen LogP contribution in [0.3, 0.4) is 0 Å². The number of carboxylic acids is 1. The molecule has 0 aromatic heterocycles. The van der Waals surface area contributed by atoms with Crippen molar-refractivity contribution in [3.63, 3.8) is 0 Å². The van der Waals surface area contributed by atoms with Gasteiger partial charge in [0.15, 0.2) is 5.71 Å². The van der Waals surface area contributed by atoms with E-state index in [2.05, 4.69) is 0 Å². The Hall–Kier alpha value is -3.18. The molecule has 3 aliphatic heterocycles. The molecule has 5 heteroatoms. The number of fused-ring (bicyclic) bond motifs is 2. The molecule has 4 aliphatic rings. The molecule has 0 bridgehead atoms. The molecule has 1 N–H and O–H groups in total. The van der Waals surface area contributed by atoms with Crippen LogP contribution < -0.4 is 10.1 Å². The Morgan fingerprint density at radius 1 is 0.974 bits per heavy atom. The Labute approximate surface area is 256 Å². The lowest BCUT2D eigenvalue weighted by molar-refractivity contribution is -0.504. The lowest BCUT2D eigenvalue weighted by Gasteiger charge is -2.38. The third-order valence-electron chi connectivity index (χ3n) is 7.59. The summed E-state index contributed by atoms with van der Waals surface area (Å²) in [5.41, 5.74) is 1.41. The zero-order chi connectivity index (χ0) is 41.9. The number of nitrogens with zero attached hydrogens (tertiary/aromatic N) is 2. The monoisotopic (exact) mass is 553 g/mol. The summed E-state index contributed by atoms with van der Waals surface area (Å²) in [6, 6.07) is 9.21. The first-order chi connectivity index (χ1) is 24.6. The van der Waals surface area contributed by atoms with E-state index in [0.717, 1.165) is 5.56 Å². The van der Waals surface area contributed by atoms with Crippen molar-refractivity contribution in [3.8, 4) is 0 Å². The second-order valence-electron chi connectivity index (χ2n) is 11.4. The van der Waals surface area contributed by atoms with Crippen LogP contribution in [0.25, 0.3) is 5.57 Å². The predicted molar refractivity (Wildman–Crippen MR) is 165 cm³/mol. The summed E-state index contributed by atoms with van der Waals surface area (Å²) < 4.78 is 137. The first kappa shape index (κ1) is 13.4. The summed E-state index contributed by atoms with van der Waals surface area (Å²) in [4.78, 5) is 13.3. The number of rotatable bonds is 3. The maximum atomic E-state index is 12.8. The fourth-order valence-corrected chi connectivity index (χ4v) is 8.52. The van der Waals surface area contributed by atoms with Gasteiger partial charge in [0, 0.05) is 60.0 Å². The molecule has 202 valence electrons. The van der Waals surface area contributed by atoms with Crippen molar-refractivity contribution in [2.75, 3.05) is 30.9 Å². The summed E-state index contributed by atoms with van der Waals surface area (Å²) in [6.07, 6.45) is -8.98. The molecule has 0 radical (unpaired) electrons. The van der Waals surface area contributed by atoms with E-state index in [-0.39, 0.29) is 22.5 Å². The van der Waals surface area contributed by atoms with E-state index < -0.39 is 70.9 Å². The van der Waals surface area contributed by atoms with E-state index in [1.165, 1.54) is 42.5 Å². The maximum Gasteiger partial charge on any atom is 0.336 e. The zero-order valence-corrected chi connectivity index (χ0v) is 23.4. The Morgan fingerprint density at radius 2 is 1.69 bits per heavy atom. The van der Waals surface area contributed by atoms with Gasteiger partial charge in [-0.15, -0.1) is 0 Å². The lowest BCUT2D eigenvalue weighted by atomic mass is 9.81. The van der Waals surface area contributed by atoms with Crippen molar-refractivity contribution >= 4 is 36.2 Å². The van der Waals surface area contributed by atoms with Crippen molar-refractivity contribution in [1.82, 2.24) is 0 Å². The van der Waals surface area contributed by atoms with Crippen LogP contribution in [0.2, 0.25) is 13.1 Å². The number of aromatic carboxylic acids is 1. The summed E-state index contributed by atoms with van der Waals surface area (Å²) in [5, 5.41) is 11.4. The molecule has 0 spiro atoms. The molecule has 3 heterocycles. The van der Waals surface area contributed by atoms with E-state index in [1.54, 1.807) is 12.1 Å². The van der Waals surface area contributed by atoms with E-state index >= 15 is 0 Å². The molecular weight excluding hydrogens is 496 g/mol. The maximum absolute atomic E-state index is 12.8. The normalized spacial score (nSPS) is 36.7. The molecule has 2 aromatic carbocycles. The van der Waals surface area contributed by atoms with Gasteiger partial charge >= 0.3 is 5.97 Å². The van der Waals surface area contributed by atoms with Crippen molar-refractivity contribution in [3.05, 3.63) is 87.6 Å². The molecule has 2 saturated heterocycles. The van der Waals surface area contributed by atoms with Crippen LogP contribution in [0.5, 0.6) is 0 Å². The number of carboxylic acid groups (broad SMARTS) is 1. The highest BCUT2D eigenvalue weighted by atomic mass is 28.3.